The van der Waals surface area contributed by atoms with Crippen LogP contribution in [0, 0.1) is 18.8 Å². The molecule has 0 saturated carbocycles. The van der Waals surface area contributed by atoms with E-state index in [9.17, 15) is 9.90 Å². The summed E-state index contributed by atoms with van der Waals surface area (Å²) < 4.78 is 0.956. The van der Waals surface area contributed by atoms with Crippen LogP contribution in [0.5, 0.6) is 0 Å². The Labute approximate surface area is 158 Å². The van der Waals surface area contributed by atoms with Gasteiger partial charge in [0.15, 0.2) is 4.34 Å². The number of carbonyl (C=O) groups excluding carboxylic acids is 1. The van der Waals surface area contributed by atoms with E-state index in [1.165, 1.54) is 11.8 Å². The van der Waals surface area contributed by atoms with Gasteiger partial charge in [-0.25, -0.2) is 4.98 Å². The number of carbonyl (C=O) groups is 1. The molecule has 1 aromatic heterocycles. The van der Waals surface area contributed by atoms with E-state index in [2.05, 4.69) is 21.8 Å². The summed E-state index contributed by atoms with van der Waals surface area (Å²) in [5.41, 5.74) is 1.01. The molecular formula is C17H28N4O2S2. The number of aliphatic hydroxyl groups excluding tert-OH is 1. The number of aliphatic hydroxyl groups is 1. The summed E-state index contributed by atoms with van der Waals surface area (Å²) in [5.74, 6) is 1.18. The molecule has 0 aromatic carbocycles. The zero-order valence-corrected chi connectivity index (χ0v) is 16.7. The van der Waals surface area contributed by atoms with Crippen LogP contribution in [0.1, 0.15) is 5.69 Å². The van der Waals surface area contributed by atoms with Crippen LogP contribution in [0.25, 0.3) is 0 Å². The van der Waals surface area contributed by atoms with Gasteiger partial charge in [0, 0.05) is 69.4 Å². The number of rotatable bonds is 6. The zero-order valence-electron chi connectivity index (χ0n) is 15.1. The highest BCUT2D eigenvalue weighted by Crippen LogP contribution is 2.27. The van der Waals surface area contributed by atoms with E-state index in [1.807, 2.05) is 17.2 Å². The minimum atomic E-state index is 0.164. The molecule has 0 radical (unpaired) electrons. The normalized spacial score (nSPS) is 25.6. The van der Waals surface area contributed by atoms with Gasteiger partial charge in [0.1, 0.15) is 0 Å². The first kappa shape index (κ1) is 19.1. The minimum Gasteiger partial charge on any atom is -0.396 e. The van der Waals surface area contributed by atoms with Crippen molar-refractivity contribution in [2.45, 2.75) is 11.3 Å². The zero-order chi connectivity index (χ0) is 17.8. The molecule has 2 aliphatic heterocycles. The molecule has 2 saturated heterocycles. The van der Waals surface area contributed by atoms with Crippen LogP contribution in [0.2, 0.25) is 0 Å². The number of nitrogens with zero attached hydrogens (tertiary/aromatic N) is 4. The van der Waals surface area contributed by atoms with Crippen LogP contribution in [0.3, 0.4) is 0 Å². The number of piperazine rings is 1. The van der Waals surface area contributed by atoms with E-state index in [1.54, 1.807) is 11.3 Å². The number of amides is 1. The third kappa shape index (κ3) is 5.17. The summed E-state index contributed by atoms with van der Waals surface area (Å²) in [6, 6.07) is 0. The SMILES string of the molecule is Cc1csc(SCC(=O)N2CC(CO)C(CN3CCN(C)CC3)C2)n1. The van der Waals surface area contributed by atoms with Crippen molar-refractivity contribution < 1.29 is 9.90 Å². The molecule has 0 bridgehead atoms. The maximum Gasteiger partial charge on any atom is 0.233 e. The lowest BCUT2D eigenvalue weighted by molar-refractivity contribution is -0.127. The maximum atomic E-state index is 12.5. The van der Waals surface area contributed by atoms with Gasteiger partial charge in [-0.15, -0.1) is 11.3 Å². The molecule has 2 fully saturated rings. The third-order valence-electron chi connectivity index (χ3n) is 5.17. The second-order valence-corrected chi connectivity index (χ2v) is 9.23. The summed E-state index contributed by atoms with van der Waals surface area (Å²) in [5, 5.41) is 11.8. The molecule has 8 heteroatoms. The van der Waals surface area contributed by atoms with Crippen molar-refractivity contribution in [2.75, 3.05) is 65.2 Å². The molecule has 140 valence electrons. The monoisotopic (exact) mass is 384 g/mol. The average Bonchev–Trinajstić information content (AvgIpc) is 3.21. The Balaban J connectivity index is 1.49. The fourth-order valence-electron chi connectivity index (χ4n) is 3.53. The van der Waals surface area contributed by atoms with Crippen LogP contribution in [-0.2, 0) is 4.79 Å². The second-order valence-electron chi connectivity index (χ2n) is 7.15. The van der Waals surface area contributed by atoms with E-state index in [0.717, 1.165) is 49.3 Å². The molecule has 3 rings (SSSR count). The summed E-state index contributed by atoms with van der Waals surface area (Å²) in [6.07, 6.45) is 0. The number of likely N-dealkylation sites (tertiary alicyclic amines) is 1. The Morgan fingerprint density at radius 1 is 1.32 bits per heavy atom. The average molecular weight is 385 g/mol. The lowest BCUT2D eigenvalue weighted by Gasteiger charge is -2.34. The molecule has 1 N–H and O–H groups in total. The number of aryl methyl sites for hydroxylation is 1. The second kappa shape index (κ2) is 8.81. The molecule has 3 heterocycles. The van der Waals surface area contributed by atoms with Crippen molar-refractivity contribution in [3.63, 3.8) is 0 Å². The predicted octanol–water partition coefficient (Wildman–Crippen LogP) is 0.858. The van der Waals surface area contributed by atoms with Crippen molar-refractivity contribution in [1.82, 2.24) is 19.7 Å². The number of hydrogen-bond donors (Lipinski definition) is 1. The summed E-state index contributed by atoms with van der Waals surface area (Å²) >= 11 is 3.11. The van der Waals surface area contributed by atoms with Gasteiger partial charge in [-0.3, -0.25) is 4.79 Å². The van der Waals surface area contributed by atoms with E-state index >= 15 is 0 Å². The number of thioether (sulfide) groups is 1. The fourth-order valence-corrected chi connectivity index (χ4v) is 5.28. The van der Waals surface area contributed by atoms with E-state index in [-0.39, 0.29) is 18.4 Å². The van der Waals surface area contributed by atoms with E-state index in [0.29, 0.717) is 18.2 Å². The van der Waals surface area contributed by atoms with Gasteiger partial charge < -0.3 is 19.8 Å². The van der Waals surface area contributed by atoms with Crippen molar-refractivity contribution in [3.05, 3.63) is 11.1 Å². The standard InChI is InChI=1S/C17H28N4O2S2/c1-13-11-24-17(18-13)25-12-16(23)21-8-14(15(9-21)10-22)7-20-5-3-19(2)4-6-20/h11,14-15,22H,3-10,12H2,1-2H3. The Morgan fingerprint density at radius 3 is 2.68 bits per heavy atom. The summed E-state index contributed by atoms with van der Waals surface area (Å²) in [6.45, 7) is 8.95. The molecule has 0 aliphatic carbocycles. The highest BCUT2D eigenvalue weighted by molar-refractivity contribution is 8.01. The Bertz CT molecular complexity index is 575. The van der Waals surface area contributed by atoms with Gasteiger partial charge in [-0.1, -0.05) is 11.8 Å². The number of thiazole rings is 1. The van der Waals surface area contributed by atoms with Crippen molar-refractivity contribution >= 4 is 29.0 Å². The van der Waals surface area contributed by atoms with Gasteiger partial charge in [0.25, 0.3) is 0 Å². The molecule has 2 aliphatic rings. The van der Waals surface area contributed by atoms with Gasteiger partial charge in [0.2, 0.25) is 5.91 Å². The highest BCUT2D eigenvalue weighted by atomic mass is 32.2. The maximum absolute atomic E-state index is 12.5. The first-order valence-corrected chi connectivity index (χ1v) is 10.8. The smallest absolute Gasteiger partial charge is 0.233 e. The number of likely N-dealkylation sites (N-methyl/N-ethyl adjacent to an activating group) is 1. The number of aromatic nitrogens is 1. The van der Waals surface area contributed by atoms with E-state index in [4.69, 9.17) is 0 Å². The Morgan fingerprint density at radius 2 is 2.04 bits per heavy atom. The molecule has 1 aromatic rings. The predicted molar refractivity (Wildman–Crippen MR) is 102 cm³/mol. The molecule has 6 nitrogen and oxygen atoms in total. The lowest BCUT2D eigenvalue weighted by Crippen LogP contribution is -2.47. The van der Waals surface area contributed by atoms with Gasteiger partial charge in [-0.05, 0) is 19.9 Å². The van der Waals surface area contributed by atoms with Gasteiger partial charge >= 0.3 is 0 Å². The molecule has 1 amide bonds. The first-order chi connectivity index (χ1) is 12.0. The Kier molecular flexibility index (Phi) is 6.73. The summed E-state index contributed by atoms with van der Waals surface area (Å²) in [7, 11) is 2.16. The first-order valence-electron chi connectivity index (χ1n) is 8.89. The van der Waals surface area contributed by atoms with Crippen molar-refractivity contribution in [2.24, 2.45) is 11.8 Å². The third-order valence-corrected chi connectivity index (χ3v) is 7.29. The molecule has 2 unspecified atom stereocenters. The number of hydrogen-bond acceptors (Lipinski definition) is 7. The van der Waals surface area contributed by atoms with Crippen LogP contribution in [0.4, 0.5) is 0 Å². The minimum absolute atomic E-state index is 0.164. The van der Waals surface area contributed by atoms with Gasteiger partial charge in [-0.2, -0.15) is 0 Å². The largest absolute Gasteiger partial charge is 0.396 e. The topological polar surface area (TPSA) is 59.9 Å². The fraction of sp³-hybridized carbons (Fsp3) is 0.765. The van der Waals surface area contributed by atoms with Crippen LogP contribution in [0.15, 0.2) is 9.72 Å². The Hall–Kier alpha value is -0.670. The highest BCUT2D eigenvalue weighted by Gasteiger charge is 2.36. The van der Waals surface area contributed by atoms with Crippen molar-refractivity contribution in [3.8, 4) is 0 Å². The quantitative estimate of drug-likeness (QED) is 0.734. The van der Waals surface area contributed by atoms with E-state index < -0.39 is 0 Å². The molecule has 25 heavy (non-hydrogen) atoms. The summed E-state index contributed by atoms with van der Waals surface area (Å²) in [4.78, 5) is 23.7. The van der Waals surface area contributed by atoms with Crippen LogP contribution >= 0.6 is 23.1 Å². The van der Waals surface area contributed by atoms with Gasteiger partial charge in [0.05, 0.1) is 5.75 Å². The molecule has 2 atom stereocenters. The van der Waals surface area contributed by atoms with Crippen molar-refractivity contribution in [1.29, 1.82) is 0 Å². The molecular weight excluding hydrogens is 356 g/mol. The lowest BCUT2D eigenvalue weighted by atomic mass is 9.96. The van der Waals surface area contributed by atoms with Crippen LogP contribution < -0.4 is 0 Å². The molecule has 0 spiro atoms. The van der Waals surface area contributed by atoms with Crippen LogP contribution in [-0.4, -0.2) is 95.9 Å².